The van der Waals surface area contributed by atoms with Gasteiger partial charge in [0.25, 0.3) is 0 Å². The Bertz CT molecular complexity index is 382. The van der Waals surface area contributed by atoms with Crippen LogP contribution in [0.1, 0.15) is 124 Å². The number of unbranched alkanes of at least 4 members (excludes halogenated alkanes) is 11. The molecular weight excluding hydrogens is 348 g/mol. The van der Waals surface area contributed by atoms with Crippen molar-refractivity contribution >= 4 is 5.97 Å². The molecule has 0 aromatic rings. The van der Waals surface area contributed by atoms with Gasteiger partial charge >= 0.3 is 5.97 Å². The van der Waals surface area contributed by atoms with E-state index in [4.69, 9.17) is 4.74 Å². The third-order valence-corrected chi connectivity index (χ3v) is 4.93. The first-order valence-corrected chi connectivity index (χ1v) is 11.8. The molecule has 0 saturated heterocycles. The molecule has 166 valence electrons. The van der Waals surface area contributed by atoms with Gasteiger partial charge in [-0.3, -0.25) is 4.79 Å². The van der Waals surface area contributed by atoms with E-state index in [2.05, 4.69) is 39.8 Å². The molecule has 1 unspecified atom stereocenters. The Morgan fingerprint density at radius 3 is 1.89 bits per heavy atom. The average Bonchev–Trinajstić information content (AvgIpc) is 2.62. The SMILES string of the molecule is CCCCCCCC/C=C/CCCCCCCC(=O)OCC(O)CC(C)(C)C. The lowest BCUT2D eigenvalue weighted by Gasteiger charge is -2.22. The van der Waals surface area contributed by atoms with Crippen molar-refractivity contribution in [3.05, 3.63) is 12.2 Å². The van der Waals surface area contributed by atoms with E-state index < -0.39 is 6.10 Å². The Hall–Kier alpha value is -0.830. The summed E-state index contributed by atoms with van der Waals surface area (Å²) < 4.78 is 5.17. The molecule has 0 aliphatic carbocycles. The summed E-state index contributed by atoms with van der Waals surface area (Å²) in [6.07, 6.45) is 21.5. The summed E-state index contributed by atoms with van der Waals surface area (Å²) in [5.74, 6) is -0.175. The first-order chi connectivity index (χ1) is 13.3. The molecule has 0 aromatic carbocycles. The van der Waals surface area contributed by atoms with E-state index in [0.717, 1.165) is 12.8 Å². The molecule has 0 rings (SSSR count). The predicted octanol–water partition coefficient (Wildman–Crippen LogP) is 7.36. The number of hydrogen-bond donors (Lipinski definition) is 1. The molecule has 0 fully saturated rings. The van der Waals surface area contributed by atoms with E-state index in [-0.39, 0.29) is 18.0 Å². The van der Waals surface area contributed by atoms with Crippen LogP contribution in [0, 0.1) is 5.41 Å². The van der Waals surface area contributed by atoms with E-state index in [1.807, 2.05) is 0 Å². The van der Waals surface area contributed by atoms with Gasteiger partial charge in [-0.25, -0.2) is 0 Å². The number of ether oxygens (including phenoxy) is 1. The first-order valence-electron chi connectivity index (χ1n) is 11.8. The molecule has 0 spiro atoms. The second kappa shape index (κ2) is 18.2. The van der Waals surface area contributed by atoms with Crippen LogP contribution in [0.3, 0.4) is 0 Å². The number of allylic oxidation sites excluding steroid dienone is 2. The maximum Gasteiger partial charge on any atom is 0.305 e. The summed E-state index contributed by atoms with van der Waals surface area (Å²) in [6.45, 7) is 8.61. The largest absolute Gasteiger partial charge is 0.463 e. The second-order valence-corrected chi connectivity index (χ2v) is 9.44. The first kappa shape index (κ1) is 27.2. The van der Waals surface area contributed by atoms with E-state index in [0.29, 0.717) is 12.8 Å². The number of aliphatic hydroxyl groups is 1. The second-order valence-electron chi connectivity index (χ2n) is 9.44. The monoisotopic (exact) mass is 396 g/mol. The molecule has 3 nitrogen and oxygen atoms in total. The highest BCUT2D eigenvalue weighted by Crippen LogP contribution is 2.20. The predicted molar refractivity (Wildman–Crippen MR) is 120 cm³/mol. The van der Waals surface area contributed by atoms with Crippen molar-refractivity contribution in [2.24, 2.45) is 5.41 Å². The molecule has 3 heteroatoms. The zero-order valence-corrected chi connectivity index (χ0v) is 19.3. The summed E-state index contributed by atoms with van der Waals surface area (Å²) >= 11 is 0. The fourth-order valence-electron chi connectivity index (χ4n) is 3.37. The third-order valence-electron chi connectivity index (χ3n) is 4.93. The molecule has 0 amide bonds. The molecule has 0 heterocycles. The topological polar surface area (TPSA) is 46.5 Å². The minimum Gasteiger partial charge on any atom is -0.463 e. The quantitative estimate of drug-likeness (QED) is 0.149. The van der Waals surface area contributed by atoms with E-state index in [1.54, 1.807) is 0 Å². The van der Waals surface area contributed by atoms with Gasteiger partial charge in [0.2, 0.25) is 0 Å². The van der Waals surface area contributed by atoms with E-state index >= 15 is 0 Å². The van der Waals surface area contributed by atoms with Crippen molar-refractivity contribution in [1.29, 1.82) is 0 Å². The van der Waals surface area contributed by atoms with Crippen molar-refractivity contribution in [3.8, 4) is 0 Å². The summed E-state index contributed by atoms with van der Waals surface area (Å²) in [6, 6.07) is 0. The molecule has 0 radical (unpaired) electrons. The van der Waals surface area contributed by atoms with Crippen LogP contribution in [0.4, 0.5) is 0 Å². The van der Waals surface area contributed by atoms with E-state index in [1.165, 1.54) is 70.6 Å². The van der Waals surface area contributed by atoms with Crippen LogP contribution in [0.25, 0.3) is 0 Å². The lowest BCUT2D eigenvalue weighted by molar-refractivity contribution is -0.147. The Balaban J connectivity index is 3.36. The smallest absolute Gasteiger partial charge is 0.305 e. The molecule has 0 aromatic heterocycles. The van der Waals surface area contributed by atoms with Crippen LogP contribution in [-0.4, -0.2) is 23.8 Å². The molecule has 0 saturated carbocycles. The zero-order chi connectivity index (χ0) is 21.1. The van der Waals surface area contributed by atoms with Crippen LogP contribution in [0.2, 0.25) is 0 Å². The van der Waals surface area contributed by atoms with Crippen LogP contribution in [0.15, 0.2) is 12.2 Å². The highest BCUT2D eigenvalue weighted by molar-refractivity contribution is 5.69. The summed E-state index contributed by atoms with van der Waals surface area (Å²) in [5.41, 5.74) is 0.0509. The number of esters is 1. The zero-order valence-electron chi connectivity index (χ0n) is 19.3. The molecule has 28 heavy (non-hydrogen) atoms. The number of carbonyl (C=O) groups excluding carboxylic acids is 1. The van der Waals surface area contributed by atoms with Gasteiger partial charge in [-0.1, -0.05) is 91.2 Å². The summed E-state index contributed by atoms with van der Waals surface area (Å²) in [5, 5.41) is 9.85. The fourth-order valence-corrected chi connectivity index (χ4v) is 3.37. The summed E-state index contributed by atoms with van der Waals surface area (Å²) in [7, 11) is 0. The van der Waals surface area contributed by atoms with Gasteiger partial charge < -0.3 is 9.84 Å². The fraction of sp³-hybridized carbons (Fsp3) is 0.880. The van der Waals surface area contributed by atoms with Crippen molar-refractivity contribution < 1.29 is 14.6 Å². The van der Waals surface area contributed by atoms with Crippen molar-refractivity contribution in [2.75, 3.05) is 6.61 Å². The Morgan fingerprint density at radius 1 is 0.857 bits per heavy atom. The van der Waals surface area contributed by atoms with Crippen LogP contribution in [0.5, 0.6) is 0 Å². The Morgan fingerprint density at radius 2 is 1.36 bits per heavy atom. The molecular formula is C25H48O3. The van der Waals surface area contributed by atoms with E-state index in [9.17, 15) is 9.90 Å². The molecule has 0 aliphatic heterocycles. The van der Waals surface area contributed by atoms with Gasteiger partial charge in [0.05, 0.1) is 6.10 Å². The average molecular weight is 397 g/mol. The van der Waals surface area contributed by atoms with Gasteiger partial charge in [-0.2, -0.15) is 0 Å². The minimum absolute atomic E-state index is 0.0509. The number of carbonyl (C=O) groups is 1. The number of hydrogen-bond acceptors (Lipinski definition) is 3. The maximum atomic E-state index is 11.7. The third kappa shape index (κ3) is 21.5. The minimum atomic E-state index is -0.557. The molecule has 0 aliphatic rings. The maximum absolute atomic E-state index is 11.7. The van der Waals surface area contributed by atoms with Gasteiger partial charge in [0.1, 0.15) is 6.61 Å². The molecule has 1 N–H and O–H groups in total. The van der Waals surface area contributed by atoms with Crippen molar-refractivity contribution in [3.63, 3.8) is 0 Å². The van der Waals surface area contributed by atoms with Crippen LogP contribution < -0.4 is 0 Å². The highest BCUT2D eigenvalue weighted by Gasteiger charge is 2.17. The van der Waals surface area contributed by atoms with Gasteiger partial charge in [-0.05, 0) is 43.9 Å². The Labute approximate surface area is 175 Å². The number of rotatable bonds is 18. The van der Waals surface area contributed by atoms with Crippen molar-refractivity contribution in [2.45, 2.75) is 130 Å². The standard InChI is InChI=1S/C25H48O3/c1-5-6-7-8-9-10-11-12-13-14-15-16-17-18-19-20-24(27)28-22-23(26)21-25(2,3)4/h12-13,23,26H,5-11,14-22H2,1-4H3/b13-12+. The highest BCUT2D eigenvalue weighted by atomic mass is 16.5. The lowest BCUT2D eigenvalue weighted by atomic mass is 9.89. The van der Waals surface area contributed by atoms with Crippen LogP contribution >= 0.6 is 0 Å². The van der Waals surface area contributed by atoms with Crippen molar-refractivity contribution in [1.82, 2.24) is 0 Å². The van der Waals surface area contributed by atoms with Gasteiger partial charge in [-0.15, -0.1) is 0 Å². The van der Waals surface area contributed by atoms with Gasteiger partial charge in [0, 0.05) is 6.42 Å². The van der Waals surface area contributed by atoms with Gasteiger partial charge in [0.15, 0.2) is 0 Å². The normalized spacial score (nSPS) is 13.2. The molecule has 1 atom stereocenters. The molecule has 0 bridgehead atoms. The Kier molecular flexibility index (Phi) is 17.7. The van der Waals surface area contributed by atoms with Crippen LogP contribution in [-0.2, 0) is 9.53 Å². The number of aliphatic hydroxyl groups excluding tert-OH is 1. The summed E-state index contributed by atoms with van der Waals surface area (Å²) in [4.78, 5) is 11.7. The lowest BCUT2D eigenvalue weighted by Crippen LogP contribution is -2.24.